The van der Waals surface area contributed by atoms with Crippen LogP contribution in [-0.4, -0.2) is 11.4 Å². The van der Waals surface area contributed by atoms with Gasteiger partial charge in [-0.15, -0.1) is 11.3 Å². The lowest BCUT2D eigenvalue weighted by Gasteiger charge is -2.10. The molecule has 0 spiro atoms. The summed E-state index contributed by atoms with van der Waals surface area (Å²) in [7, 11) is 0. The molecule has 27 heavy (non-hydrogen) atoms. The first kappa shape index (κ1) is 17.1. The molecule has 0 atom stereocenters. The Morgan fingerprint density at radius 1 is 0.667 bits per heavy atom. The van der Waals surface area contributed by atoms with E-state index in [1.54, 1.807) is 11.3 Å². The maximum absolute atomic E-state index is 8.67. The van der Waals surface area contributed by atoms with E-state index in [9.17, 15) is 0 Å². The van der Waals surface area contributed by atoms with Gasteiger partial charge < -0.3 is 0 Å². The van der Waals surface area contributed by atoms with Crippen LogP contribution in [0.4, 0.5) is 5.69 Å². The number of hydrogen-bond acceptors (Lipinski definition) is 3. The normalized spacial score (nSPS) is 11.3. The first-order valence-electron chi connectivity index (χ1n) is 8.74. The van der Waals surface area contributed by atoms with E-state index >= 15 is 0 Å². The SMILES string of the molecule is N=C(c1ccccc1)c1ccccc1N=C(c1ccccc1)c1cccs1. The molecular formula is C24H18N2S. The van der Waals surface area contributed by atoms with Gasteiger partial charge in [-0.05, 0) is 17.5 Å². The molecule has 2 nitrogen and oxygen atoms in total. The molecule has 0 radical (unpaired) electrons. The van der Waals surface area contributed by atoms with E-state index in [0.717, 1.165) is 33.0 Å². The van der Waals surface area contributed by atoms with Crippen molar-refractivity contribution in [3.05, 3.63) is 124 Å². The van der Waals surface area contributed by atoms with Gasteiger partial charge in [-0.25, -0.2) is 4.99 Å². The zero-order valence-electron chi connectivity index (χ0n) is 14.7. The second-order valence-electron chi connectivity index (χ2n) is 6.06. The van der Waals surface area contributed by atoms with Gasteiger partial charge in [0.2, 0.25) is 0 Å². The summed E-state index contributed by atoms with van der Waals surface area (Å²) < 4.78 is 0. The fourth-order valence-corrected chi connectivity index (χ4v) is 3.67. The first-order valence-corrected chi connectivity index (χ1v) is 9.62. The summed E-state index contributed by atoms with van der Waals surface area (Å²) in [6, 6.07) is 32.0. The molecule has 0 fully saturated rings. The summed E-state index contributed by atoms with van der Waals surface area (Å²) in [6.45, 7) is 0. The van der Waals surface area contributed by atoms with E-state index in [4.69, 9.17) is 10.4 Å². The van der Waals surface area contributed by atoms with E-state index in [2.05, 4.69) is 23.6 Å². The smallest absolute Gasteiger partial charge is 0.0881 e. The van der Waals surface area contributed by atoms with Crippen molar-refractivity contribution in [3.8, 4) is 0 Å². The zero-order valence-corrected chi connectivity index (χ0v) is 15.5. The summed E-state index contributed by atoms with van der Waals surface area (Å²) >= 11 is 1.67. The van der Waals surface area contributed by atoms with Crippen molar-refractivity contribution < 1.29 is 0 Å². The topological polar surface area (TPSA) is 36.2 Å². The third kappa shape index (κ3) is 3.78. The highest BCUT2D eigenvalue weighted by Gasteiger charge is 2.12. The van der Waals surface area contributed by atoms with Crippen LogP contribution in [-0.2, 0) is 0 Å². The minimum Gasteiger partial charge on any atom is -0.300 e. The van der Waals surface area contributed by atoms with Gasteiger partial charge in [0.15, 0.2) is 0 Å². The molecule has 130 valence electrons. The highest BCUT2D eigenvalue weighted by Crippen LogP contribution is 2.26. The van der Waals surface area contributed by atoms with E-state index in [-0.39, 0.29) is 0 Å². The Labute approximate surface area is 163 Å². The zero-order chi connectivity index (χ0) is 18.5. The van der Waals surface area contributed by atoms with Crippen molar-refractivity contribution in [1.82, 2.24) is 0 Å². The van der Waals surface area contributed by atoms with Gasteiger partial charge in [0.25, 0.3) is 0 Å². The Hall–Kier alpha value is -3.30. The van der Waals surface area contributed by atoms with Crippen LogP contribution in [0.1, 0.15) is 21.6 Å². The maximum atomic E-state index is 8.67. The molecule has 0 aliphatic carbocycles. The van der Waals surface area contributed by atoms with E-state index in [0.29, 0.717) is 5.71 Å². The minimum absolute atomic E-state index is 0.480. The van der Waals surface area contributed by atoms with Crippen LogP contribution in [0.3, 0.4) is 0 Å². The van der Waals surface area contributed by atoms with Crippen LogP contribution in [0.5, 0.6) is 0 Å². The average molecular weight is 366 g/mol. The fraction of sp³-hybridized carbons (Fsp3) is 0. The number of rotatable bonds is 5. The van der Waals surface area contributed by atoms with Crippen LogP contribution in [0.2, 0.25) is 0 Å². The van der Waals surface area contributed by atoms with Crippen molar-refractivity contribution in [2.75, 3.05) is 0 Å². The van der Waals surface area contributed by atoms with Crippen molar-refractivity contribution in [2.45, 2.75) is 0 Å². The lowest BCUT2D eigenvalue weighted by molar-refractivity contribution is 1.42. The molecule has 1 aromatic heterocycles. The number of para-hydroxylation sites is 1. The van der Waals surface area contributed by atoms with Crippen molar-refractivity contribution in [3.63, 3.8) is 0 Å². The highest BCUT2D eigenvalue weighted by molar-refractivity contribution is 7.12. The molecule has 1 N–H and O–H groups in total. The third-order valence-electron chi connectivity index (χ3n) is 4.27. The lowest BCUT2D eigenvalue weighted by atomic mass is 10.0. The summed E-state index contributed by atoms with van der Waals surface area (Å²) in [6.07, 6.45) is 0. The summed E-state index contributed by atoms with van der Waals surface area (Å²) in [5.41, 5.74) is 5.00. The maximum Gasteiger partial charge on any atom is 0.0881 e. The molecule has 0 aliphatic rings. The van der Waals surface area contributed by atoms with E-state index in [1.807, 2.05) is 78.9 Å². The number of nitrogens with one attached hydrogen (secondary N) is 1. The molecule has 0 saturated heterocycles. The fourth-order valence-electron chi connectivity index (χ4n) is 2.93. The van der Waals surface area contributed by atoms with Gasteiger partial charge in [-0.1, -0.05) is 84.9 Å². The lowest BCUT2D eigenvalue weighted by Crippen LogP contribution is -2.04. The van der Waals surface area contributed by atoms with Crippen LogP contribution in [0.25, 0.3) is 0 Å². The van der Waals surface area contributed by atoms with Crippen molar-refractivity contribution in [2.24, 2.45) is 4.99 Å². The van der Waals surface area contributed by atoms with Gasteiger partial charge in [0.05, 0.1) is 22.0 Å². The van der Waals surface area contributed by atoms with Gasteiger partial charge in [0.1, 0.15) is 0 Å². The monoisotopic (exact) mass is 366 g/mol. The molecule has 0 bridgehead atoms. The van der Waals surface area contributed by atoms with Crippen LogP contribution < -0.4 is 0 Å². The first-order chi connectivity index (χ1) is 13.3. The van der Waals surface area contributed by atoms with Gasteiger partial charge in [0, 0.05) is 16.7 Å². The van der Waals surface area contributed by atoms with E-state index in [1.165, 1.54) is 0 Å². The molecule has 0 unspecified atom stereocenters. The minimum atomic E-state index is 0.480. The van der Waals surface area contributed by atoms with Gasteiger partial charge in [-0.2, -0.15) is 0 Å². The molecule has 0 amide bonds. The Morgan fingerprint density at radius 2 is 1.30 bits per heavy atom. The standard InChI is InChI=1S/C24H18N2S/c25-23(18-10-3-1-4-11-18)20-14-7-8-15-21(20)26-24(22-16-9-17-27-22)19-12-5-2-6-13-19/h1-17,25H. The van der Waals surface area contributed by atoms with E-state index < -0.39 is 0 Å². The molecule has 0 aliphatic heterocycles. The van der Waals surface area contributed by atoms with Crippen LogP contribution in [0, 0.1) is 5.41 Å². The predicted molar refractivity (Wildman–Crippen MR) is 115 cm³/mol. The number of thiophene rings is 1. The Balaban J connectivity index is 1.84. The predicted octanol–water partition coefficient (Wildman–Crippen LogP) is 6.33. The quantitative estimate of drug-likeness (QED) is 0.401. The molecule has 3 aromatic carbocycles. The number of benzene rings is 3. The Kier molecular flexibility index (Phi) is 5.04. The molecular weight excluding hydrogens is 348 g/mol. The van der Waals surface area contributed by atoms with Crippen molar-refractivity contribution in [1.29, 1.82) is 5.41 Å². The summed E-state index contributed by atoms with van der Waals surface area (Å²) in [4.78, 5) is 6.12. The number of aliphatic imine (C=N–C) groups is 1. The second-order valence-corrected chi connectivity index (χ2v) is 7.01. The third-order valence-corrected chi connectivity index (χ3v) is 5.15. The molecule has 4 aromatic rings. The van der Waals surface area contributed by atoms with Crippen LogP contribution in [0.15, 0.2) is 107 Å². The summed E-state index contributed by atoms with van der Waals surface area (Å²) in [5, 5.41) is 10.7. The van der Waals surface area contributed by atoms with Gasteiger partial charge in [-0.3, -0.25) is 5.41 Å². The van der Waals surface area contributed by atoms with Crippen LogP contribution >= 0.6 is 11.3 Å². The largest absolute Gasteiger partial charge is 0.300 e. The van der Waals surface area contributed by atoms with Crippen molar-refractivity contribution >= 4 is 28.4 Å². The second kappa shape index (κ2) is 7.94. The summed E-state index contributed by atoms with van der Waals surface area (Å²) in [5.74, 6) is 0. The van der Waals surface area contributed by atoms with Gasteiger partial charge >= 0.3 is 0 Å². The highest BCUT2D eigenvalue weighted by atomic mass is 32.1. The molecule has 0 saturated carbocycles. The molecule has 1 heterocycles. The molecule has 3 heteroatoms. The average Bonchev–Trinajstić information content (AvgIpc) is 3.27. The Bertz CT molecular complexity index is 1070. The number of nitrogens with zero attached hydrogens (tertiary/aromatic N) is 1. The Morgan fingerprint density at radius 3 is 1.96 bits per heavy atom. The molecule has 4 rings (SSSR count). The number of hydrogen-bond donors (Lipinski definition) is 1.